The number of carbonyl (C=O) groups excluding carboxylic acids is 2. The van der Waals surface area contributed by atoms with E-state index in [-0.39, 0.29) is 16.5 Å². The molecule has 0 aliphatic rings. The fourth-order valence-corrected chi connectivity index (χ4v) is 4.23. The van der Waals surface area contributed by atoms with Crippen LogP contribution in [0.3, 0.4) is 0 Å². The van der Waals surface area contributed by atoms with Crippen molar-refractivity contribution in [2.45, 2.75) is 32.9 Å². The van der Waals surface area contributed by atoms with Gasteiger partial charge in [-0.25, -0.2) is 4.79 Å². The number of carboxylic acid groups (broad SMARTS) is 1. The number of amides is 3. The first-order valence-electron chi connectivity index (χ1n) is 8.83. The Hall–Kier alpha value is -2.62. The lowest BCUT2D eigenvalue weighted by atomic mass is 10.0. The van der Waals surface area contributed by atoms with Crippen LogP contribution in [0.1, 0.15) is 36.2 Å². The molecule has 0 fully saturated rings. The normalized spacial score (nSPS) is 12.0. The van der Waals surface area contributed by atoms with E-state index in [9.17, 15) is 19.5 Å². The Balaban J connectivity index is 2.22. The molecule has 8 nitrogen and oxygen atoms in total. The zero-order valence-electron chi connectivity index (χ0n) is 16.0. The average Bonchev–Trinajstić information content (AvgIpc) is 3.01. The number of carboxylic acids is 1. The van der Waals surface area contributed by atoms with Crippen LogP contribution in [0.25, 0.3) is 10.4 Å². The molecule has 0 aliphatic heterocycles. The molecule has 29 heavy (non-hydrogen) atoms. The molecular formula is C19H23ClN4O4S. The van der Waals surface area contributed by atoms with E-state index in [4.69, 9.17) is 23.1 Å². The molecule has 3 amide bonds. The van der Waals surface area contributed by atoms with Crippen LogP contribution in [0, 0.1) is 5.92 Å². The van der Waals surface area contributed by atoms with Crippen LogP contribution < -0.4 is 22.1 Å². The minimum Gasteiger partial charge on any atom is -0.480 e. The number of hydrogen-bond acceptors (Lipinski definition) is 5. The molecule has 7 N–H and O–H groups in total. The van der Waals surface area contributed by atoms with E-state index in [1.807, 2.05) is 19.9 Å². The van der Waals surface area contributed by atoms with Crippen molar-refractivity contribution in [3.63, 3.8) is 0 Å². The summed E-state index contributed by atoms with van der Waals surface area (Å²) in [4.78, 5) is 34.7. The Labute approximate surface area is 177 Å². The van der Waals surface area contributed by atoms with Gasteiger partial charge in [-0.15, -0.1) is 11.3 Å². The third kappa shape index (κ3) is 6.18. The molecule has 156 valence electrons. The molecule has 0 bridgehead atoms. The first-order valence-corrected chi connectivity index (χ1v) is 10.0. The summed E-state index contributed by atoms with van der Waals surface area (Å²) in [7, 11) is 0. The van der Waals surface area contributed by atoms with Crippen molar-refractivity contribution in [1.29, 1.82) is 0 Å². The van der Waals surface area contributed by atoms with Crippen molar-refractivity contribution in [3.05, 3.63) is 40.4 Å². The quantitative estimate of drug-likeness (QED) is 0.407. The minimum atomic E-state index is -0.895. The number of thiophene rings is 1. The van der Waals surface area contributed by atoms with E-state index in [1.54, 1.807) is 18.2 Å². The van der Waals surface area contributed by atoms with E-state index in [0.29, 0.717) is 28.4 Å². The van der Waals surface area contributed by atoms with E-state index in [1.165, 1.54) is 0 Å². The maximum Gasteiger partial charge on any atom is 0.320 e. The van der Waals surface area contributed by atoms with E-state index in [0.717, 1.165) is 16.9 Å². The van der Waals surface area contributed by atoms with Crippen molar-refractivity contribution in [2.75, 3.05) is 5.32 Å². The Morgan fingerprint density at radius 1 is 1.21 bits per heavy atom. The van der Waals surface area contributed by atoms with Crippen molar-refractivity contribution >= 4 is 45.8 Å². The number of carbonyl (C=O) groups is 3. The van der Waals surface area contributed by atoms with Gasteiger partial charge in [0.2, 0.25) is 0 Å². The predicted molar refractivity (Wildman–Crippen MR) is 114 cm³/mol. The largest absolute Gasteiger partial charge is 0.480 e. The lowest BCUT2D eigenvalue weighted by molar-refractivity contribution is -0.140. The van der Waals surface area contributed by atoms with Gasteiger partial charge >= 0.3 is 12.0 Å². The summed E-state index contributed by atoms with van der Waals surface area (Å²) < 4.78 is 0. The van der Waals surface area contributed by atoms with Crippen molar-refractivity contribution in [3.8, 4) is 10.4 Å². The lowest BCUT2D eigenvalue weighted by Crippen LogP contribution is -2.37. The van der Waals surface area contributed by atoms with Crippen LogP contribution >= 0.6 is 22.9 Å². The number of primary amides is 2. The second-order valence-corrected chi connectivity index (χ2v) is 8.38. The minimum absolute atomic E-state index is 0.142. The van der Waals surface area contributed by atoms with Crippen LogP contribution in [-0.4, -0.2) is 29.1 Å². The number of hydrogen-bond donors (Lipinski definition) is 5. The third-order valence-electron chi connectivity index (χ3n) is 4.09. The van der Waals surface area contributed by atoms with Gasteiger partial charge in [0.15, 0.2) is 0 Å². The third-order valence-corrected chi connectivity index (χ3v) is 5.49. The summed E-state index contributed by atoms with van der Waals surface area (Å²) in [5, 5.41) is 15.4. The Morgan fingerprint density at radius 2 is 1.90 bits per heavy atom. The van der Waals surface area contributed by atoms with Gasteiger partial charge in [-0.3, -0.25) is 14.9 Å². The van der Waals surface area contributed by atoms with Gasteiger partial charge < -0.3 is 21.9 Å². The summed E-state index contributed by atoms with van der Waals surface area (Å²) in [5.41, 5.74) is 12.1. The molecule has 1 aromatic heterocycles. The number of rotatable bonds is 9. The SMILES string of the molecule is CC(C)C[C@H](NCc1ccc(-c2cc(C(N)=O)c(NC(N)=O)s2)c(Cl)c1)C(=O)O. The Bertz CT molecular complexity index is 929. The highest BCUT2D eigenvalue weighted by atomic mass is 35.5. The van der Waals surface area contributed by atoms with Gasteiger partial charge in [0.1, 0.15) is 11.0 Å². The van der Waals surface area contributed by atoms with E-state index < -0.39 is 23.9 Å². The summed E-state index contributed by atoms with van der Waals surface area (Å²) in [5.74, 6) is -1.34. The topological polar surface area (TPSA) is 148 Å². The molecule has 0 aliphatic carbocycles. The van der Waals surface area contributed by atoms with Crippen LogP contribution in [-0.2, 0) is 11.3 Å². The van der Waals surface area contributed by atoms with E-state index >= 15 is 0 Å². The van der Waals surface area contributed by atoms with Crippen molar-refractivity contribution < 1.29 is 19.5 Å². The van der Waals surface area contributed by atoms with Crippen LogP contribution in [0.2, 0.25) is 5.02 Å². The number of halogens is 1. The molecule has 1 atom stereocenters. The number of nitrogens with two attached hydrogens (primary N) is 2. The number of benzene rings is 1. The molecule has 2 aromatic rings. The zero-order chi connectivity index (χ0) is 21.7. The number of urea groups is 1. The molecule has 0 spiro atoms. The second kappa shape index (κ2) is 9.73. The Kier molecular flexibility index (Phi) is 7.60. The highest BCUT2D eigenvalue weighted by Gasteiger charge is 2.19. The lowest BCUT2D eigenvalue weighted by Gasteiger charge is -2.16. The summed E-state index contributed by atoms with van der Waals surface area (Å²) in [6.07, 6.45) is 0.516. The molecule has 0 unspecified atom stereocenters. The molecule has 0 radical (unpaired) electrons. The molecule has 1 heterocycles. The smallest absolute Gasteiger partial charge is 0.320 e. The van der Waals surface area contributed by atoms with Gasteiger partial charge in [-0.2, -0.15) is 0 Å². The first kappa shape index (κ1) is 22.7. The summed E-state index contributed by atoms with van der Waals surface area (Å²) >= 11 is 7.54. The standard InChI is InChI=1S/C19H23ClN4O4S/c1-9(2)5-14(18(26)27)23-8-10-3-4-11(13(20)6-10)15-7-12(16(21)25)17(29-15)24-19(22)28/h3-4,6-7,9,14,23H,5,8H2,1-2H3,(H2,21,25)(H,26,27)(H3,22,24,28)/t14-/m0/s1. The molecule has 0 saturated heterocycles. The Morgan fingerprint density at radius 3 is 2.41 bits per heavy atom. The number of aliphatic carboxylic acids is 1. The average molecular weight is 439 g/mol. The van der Waals surface area contributed by atoms with Crippen LogP contribution in [0.5, 0.6) is 0 Å². The molecular weight excluding hydrogens is 416 g/mol. The fraction of sp³-hybridized carbons (Fsp3) is 0.316. The number of anilines is 1. The summed E-state index contributed by atoms with van der Waals surface area (Å²) in [6.45, 7) is 4.27. The first-order chi connectivity index (χ1) is 13.6. The highest BCUT2D eigenvalue weighted by molar-refractivity contribution is 7.20. The molecule has 2 rings (SSSR count). The van der Waals surface area contributed by atoms with E-state index in [2.05, 4.69) is 10.6 Å². The van der Waals surface area contributed by atoms with Crippen molar-refractivity contribution in [2.24, 2.45) is 17.4 Å². The van der Waals surface area contributed by atoms with Gasteiger partial charge in [0.05, 0.1) is 5.56 Å². The van der Waals surface area contributed by atoms with Crippen LogP contribution in [0.4, 0.5) is 9.80 Å². The number of nitrogens with one attached hydrogen (secondary N) is 2. The molecule has 10 heteroatoms. The zero-order valence-corrected chi connectivity index (χ0v) is 17.6. The van der Waals surface area contributed by atoms with Gasteiger partial charge in [-0.05, 0) is 30.0 Å². The predicted octanol–water partition coefficient (Wildman–Crippen LogP) is 3.25. The van der Waals surface area contributed by atoms with Gasteiger partial charge in [0, 0.05) is 22.0 Å². The monoisotopic (exact) mass is 438 g/mol. The van der Waals surface area contributed by atoms with Gasteiger partial charge in [0.25, 0.3) is 5.91 Å². The second-order valence-electron chi connectivity index (χ2n) is 6.92. The van der Waals surface area contributed by atoms with Crippen LogP contribution in [0.15, 0.2) is 24.3 Å². The highest BCUT2D eigenvalue weighted by Crippen LogP contribution is 2.38. The maximum absolute atomic E-state index is 11.6. The molecule has 1 aromatic carbocycles. The van der Waals surface area contributed by atoms with Crippen molar-refractivity contribution in [1.82, 2.24) is 5.32 Å². The van der Waals surface area contributed by atoms with Gasteiger partial charge in [-0.1, -0.05) is 37.6 Å². The fourth-order valence-electron chi connectivity index (χ4n) is 2.76. The molecule has 0 saturated carbocycles. The summed E-state index contributed by atoms with van der Waals surface area (Å²) in [6, 6.07) is 5.40. The maximum atomic E-state index is 11.6.